The summed E-state index contributed by atoms with van der Waals surface area (Å²) >= 11 is 0. The second-order valence-electron chi connectivity index (χ2n) is 9.77. The number of nitrogen functional groups attached to an aromatic ring is 1. The number of nitrogens with zero attached hydrogens (tertiary/aromatic N) is 7. The molecule has 2 fully saturated rings. The number of hydrogen-bond donors (Lipinski definition) is 3. The van der Waals surface area contributed by atoms with Gasteiger partial charge in [0.15, 0.2) is 5.82 Å². The minimum Gasteiger partial charge on any atom is -0.396 e. The number of β-amino-alcohol motifs (C(OH)–C–C–N with tert-alkyl or cyclic N) is 1. The van der Waals surface area contributed by atoms with E-state index in [1.165, 1.54) is 12.1 Å². The summed E-state index contributed by atoms with van der Waals surface area (Å²) in [5.41, 5.74) is 8.38. The average Bonchev–Trinajstić information content (AvgIpc) is 3.45. The Bertz CT molecular complexity index is 1290. The first-order chi connectivity index (χ1) is 18.3. The van der Waals surface area contributed by atoms with Gasteiger partial charge in [0.25, 0.3) is 0 Å². The summed E-state index contributed by atoms with van der Waals surface area (Å²) in [6.07, 6.45) is 5.23. The summed E-state index contributed by atoms with van der Waals surface area (Å²) in [5, 5.41) is 24.1. The fraction of sp³-hybridized carbons (Fsp3) is 0.423. The molecule has 0 aliphatic carbocycles. The molecule has 0 saturated carbocycles. The molecule has 3 aromatic rings. The van der Waals surface area contributed by atoms with Gasteiger partial charge in [-0.1, -0.05) is 12.2 Å². The lowest BCUT2D eigenvalue weighted by atomic mass is 10.1. The van der Waals surface area contributed by atoms with Crippen LogP contribution in [0.15, 0.2) is 36.5 Å². The van der Waals surface area contributed by atoms with Gasteiger partial charge in [0, 0.05) is 75.1 Å². The molecule has 4 heterocycles. The molecule has 4 N–H and O–H groups in total. The summed E-state index contributed by atoms with van der Waals surface area (Å²) < 4.78 is 28.8. The van der Waals surface area contributed by atoms with E-state index in [0.717, 1.165) is 37.0 Å². The molecule has 12 heteroatoms. The van der Waals surface area contributed by atoms with Gasteiger partial charge in [-0.3, -0.25) is 4.90 Å². The average molecular weight is 527 g/mol. The molecular formula is C26H32F2N8O2. The Kier molecular flexibility index (Phi) is 7.54. The smallest absolute Gasteiger partial charge is 0.224 e. The number of benzene rings is 1. The van der Waals surface area contributed by atoms with Crippen LogP contribution in [0.1, 0.15) is 11.3 Å². The largest absolute Gasteiger partial charge is 0.396 e. The molecule has 0 bridgehead atoms. The van der Waals surface area contributed by atoms with Crippen LogP contribution >= 0.6 is 0 Å². The van der Waals surface area contributed by atoms with Gasteiger partial charge >= 0.3 is 0 Å². The van der Waals surface area contributed by atoms with Crippen LogP contribution in [0.5, 0.6) is 0 Å². The SMILES string of the molecule is Cc1c(C=CCN2CCN(c3cc(F)cc(F)c3)CC2)cnn1-c1cc(N2C[C@@H](CO)[C@H](O)C2)nc(N)n1. The Morgan fingerprint density at radius 1 is 1.00 bits per heavy atom. The maximum Gasteiger partial charge on any atom is 0.224 e. The number of anilines is 3. The third kappa shape index (κ3) is 5.62. The first-order valence-electron chi connectivity index (χ1n) is 12.6. The summed E-state index contributed by atoms with van der Waals surface area (Å²) in [4.78, 5) is 14.8. The van der Waals surface area contributed by atoms with E-state index in [0.29, 0.717) is 43.5 Å². The van der Waals surface area contributed by atoms with Crippen molar-refractivity contribution in [3.8, 4) is 5.82 Å². The summed E-state index contributed by atoms with van der Waals surface area (Å²) in [6, 6.07) is 5.40. The van der Waals surface area contributed by atoms with E-state index in [1.54, 1.807) is 16.9 Å². The van der Waals surface area contributed by atoms with E-state index < -0.39 is 17.7 Å². The van der Waals surface area contributed by atoms with Crippen LogP contribution in [0.25, 0.3) is 11.9 Å². The number of aliphatic hydroxyl groups is 2. The third-order valence-corrected chi connectivity index (χ3v) is 7.19. The molecule has 0 unspecified atom stereocenters. The number of aromatic nitrogens is 4. The molecule has 2 saturated heterocycles. The Hall–Kier alpha value is -3.61. The minimum atomic E-state index is -0.630. The Labute approximate surface area is 219 Å². The molecule has 2 aliphatic rings. The number of aliphatic hydroxyl groups excluding tert-OH is 2. The molecule has 2 aliphatic heterocycles. The predicted molar refractivity (Wildman–Crippen MR) is 141 cm³/mol. The molecule has 10 nitrogen and oxygen atoms in total. The lowest BCUT2D eigenvalue weighted by molar-refractivity contribution is 0.104. The van der Waals surface area contributed by atoms with Crippen molar-refractivity contribution in [3.05, 3.63) is 59.4 Å². The van der Waals surface area contributed by atoms with Gasteiger partial charge in [0.2, 0.25) is 5.95 Å². The van der Waals surface area contributed by atoms with Gasteiger partial charge in [-0.15, -0.1) is 0 Å². The fourth-order valence-electron chi connectivity index (χ4n) is 4.99. The quantitative estimate of drug-likeness (QED) is 0.420. The van der Waals surface area contributed by atoms with Crippen molar-refractivity contribution in [2.75, 3.05) is 68.0 Å². The molecule has 1 aromatic carbocycles. The van der Waals surface area contributed by atoms with E-state index in [4.69, 9.17) is 5.73 Å². The molecular weight excluding hydrogens is 494 g/mol. The number of rotatable bonds is 7. The van der Waals surface area contributed by atoms with Crippen molar-refractivity contribution in [3.63, 3.8) is 0 Å². The zero-order valence-electron chi connectivity index (χ0n) is 21.2. The first kappa shape index (κ1) is 26.0. The molecule has 0 radical (unpaired) electrons. The van der Waals surface area contributed by atoms with E-state index in [9.17, 15) is 19.0 Å². The third-order valence-electron chi connectivity index (χ3n) is 7.19. The van der Waals surface area contributed by atoms with Crippen molar-refractivity contribution in [2.45, 2.75) is 13.0 Å². The standard InChI is InChI=1S/C26H32F2N8O2/c1-17-18(3-2-4-33-5-7-34(8-6-33)22-10-20(27)9-21(28)11-22)13-30-36(17)25-12-24(31-26(29)32-25)35-14-19(16-37)23(38)15-35/h2-3,9-13,19,23,37-38H,4-8,14-16H2,1H3,(H2,29,31,32)/t19-,23+/m0/s1. The summed E-state index contributed by atoms with van der Waals surface area (Å²) in [5.74, 6) is -0.150. The maximum atomic E-state index is 13.6. The van der Waals surface area contributed by atoms with Gasteiger partial charge in [-0.05, 0) is 19.1 Å². The lowest BCUT2D eigenvalue weighted by Crippen LogP contribution is -2.46. The monoisotopic (exact) mass is 526 g/mol. The molecule has 0 spiro atoms. The molecule has 2 aromatic heterocycles. The van der Waals surface area contributed by atoms with E-state index >= 15 is 0 Å². The minimum absolute atomic E-state index is 0.0955. The highest BCUT2D eigenvalue weighted by atomic mass is 19.1. The first-order valence-corrected chi connectivity index (χ1v) is 12.6. The Morgan fingerprint density at radius 2 is 1.71 bits per heavy atom. The Morgan fingerprint density at radius 3 is 2.39 bits per heavy atom. The molecule has 0 amide bonds. The highest BCUT2D eigenvalue weighted by Crippen LogP contribution is 2.25. The summed E-state index contributed by atoms with van der Waals surface area (Å²) in [7, 11) is 0. The molecule has 5 rings (SSSR count). The molecule has 38 heavy (non-hydrogen) atoms. The number of hydrogen-bond acceptors (Lipinski definition) is 9. The number of piperazine rings is 1. The van der Waals surface area contributed by atoms with Gasteiger partial charge < -0.3 is 25.7 Å². The van der Waals surface area contributed by atoms with E-state index in [1.807, 2.05) is 22.8 Å². The predicted octanol–water partition coefficient (Wildman–Crippen LogP) is 1.46. The topological polar surface area (TPSA) is 120 Å². The zero-order valence-corrected chi connectivity index (χ0v) is 21.2. The van der Waals surface area contributed by atoms with Gasteiger partial charge in [-0.2, -0.15) is 15.1 Å². The van der Waals surface area contributed by atoms with E-state index in [2.05, 4.69) is 26.0 Å². The van der Waals surface area contributed by atoms with Crippen molar-refractivity contribution < 1.29 is 19.0 Å². The maximum absolute atomic E-state index is 13.6. The van der Waals surface area contributed by atoms with Crippen LogP contribution in [0.4, 0.5) is 26.2 Å². The van der Waals surface area contributed by atoms with Crippen molar-refractivity contribution in [2.24, 2.45) is 5.92 Å². The fourth-order valence-corrected chi connectivity index (χ4v) is 4.99. The second-order valence-corrected chi connectivity index (χ2v) is 9.77. The van der Waals surface area contributed by atoms with E-state index in [-0.39, 0.29) is 18.5 Å². The van der Waals surface area contributed by atoms with Crippen molar-refractivity contribution in [1.82, 2.24) is 24.6 Å². The molecule has 2 atom stereocenters. The van der Waals surface area contributed by atoms with Crippen molar-refractivity contribution >= 4 is 23.5 Å². The number of nitrogens with two attached hydrogens (primary N) is 1. The van der Waals surface area contributed by atoms with Crippen LogP contribution in [0.2, 0.25) is 0 Å². The number of halogens is 2. The van der Waals surface area contributed by atoms with Gasteiger partial charge in [-0.25, -0.2) is 13.5 Å². The molecule has 202 valence electrons. The highest BCUT2D eigenvalue weighted by Gasteiger charge is 2.32. The normalized spacial score (nSPS) is 20.7. The second kappa shape index (κ2) is 11.0. The zero-order chi connectivity index (χ0) is 26.8. The highest BCUT2D eigenvalue weighted by molar-refractivity contribution is 5.54. The van der Waals surface area contributed by atoms with Gasteiger partial charge in [0.1, 0.15) is 17.5 Å². The van der Waals surface area contributed by atoms with Crippen LogP contribution in [0.3, 0.4) is 0 Å². The summed E-state index contributed by atoms with van der Waals surface area (Å²) in [6.45, 7) is 6.39. The Balaban J connectivity index is 1.21. The van der Waals surface area contributed by atoms with Gasteiger partial charge in [0.05, 0.1) is 24.6 Å². The van der Waals surface area contributed by atoms with Crippen LogP contribution in [0, 0.1) is 24.5 Å². The van der Waals surface area contributed by atoms with Crippen LogP contribution in [-0.4, -0.2) is 93.4 Å². The van der Waals surface area contributed by atoms with Crippen molar-refractivity contribution in [1.29, 1.82) is 0 Å². The van der Waals surface area contributed by atoms with Crippen LogP contribution < -0.4 is 15.5 Å². The van der Waals surface area contributed by atoms with Crippen LogP contribution in [-0.2, 0) is 0 Å². The lowest BCUT2D eigenvalue weighted by Gasteiger charge is -2.35.